The molecule has 0 aromatic heterocycles. The molecule has 0 aliphatic carbocycles. The van der Waals surface area contributed by atoms with E-state index in [-0.39, 0.29) is 12.1 Å². The van der Waals surface area contributed by atoms with Gasteiger partial charge < -0.3 is 15.8 Å². The number of ether oxygens (including phenoxy) is 1. The lowest BCUT2D eigenvalue weighted by atomic mass is 10.1. The molecule has 0 bridgehead atoms. The van der Waals surface area contributed by atoms with Crippen molar-refractivity contribution in [3.8, 4) is 0 Å². The van der Waals surface area contributed by atoms with E-state index in [1.165, 1.54) is 0 Å². The number of anilines is 1. The van der Waals surface area contributed by atoms with Crippen LogP contribution in [0.25, 0.3) is 0 Å². The van der Waals surface area contributed by atoms with E-state index in [4.69, 9.17) is 10.5 Å². The molecule has 0 heterocycles. The molecule has 0 saturated heterocycles. The van der Waals surface area contributed by atoms with Crippen LogP contribution in [0.3, 0.4) is 0 Å². The van der Waals surface area contributed by atoms with Crippen LogP contribution in [0.2, 0.25) is 0 Å². The van der Waals surface area contributed by atoms with Gasteiger partial charge in [0.1, 0.15) is 17.3 Å². The van der Waals surface area contributed by atoms with E-state index in [1.54, 1.807) is 13.8 Å². The smallest absolute Gasteiger partial charge is 0.251 e. The number of halogens is 2. The fourth-order valence-corrected chi connectivity index (χ4v) is 1.55. The van der Waals surface area contributed by atoms with Crippen molar-refractivity contribution >= 4 is 11.6 Å². The van der Waals surface area contributed by atoms with E-state index < -0.39 is 28.8 Å². The first-order valence-electron chi connectivity index (χ1n) is 5.93. The Balaban J connectivity index is 2.74. The molecular formula is C13H18F2N2O2. The highest BCUT2D eigenvalue weighted by Gasteiger charge is 2.20. The van der Waals surface area contributed by atoms with Gasteiger partial charge >= 0.3 is 0 Å². The van der Waals surface area contributed by atoms with Crippen LogP contribution in [-0.4, -0.2) is 24.7 Å². The SMILES string of the molecule is CCOC(C)(C)CNC(=O)c1cc(F)c(N)c(F)c1. The minimum Gasteiger partial charge on any atom is -0.394 e. The van der Waals surface area contributed by atoms with Crippen molar-refractivity contribution in [3.63, 3.8) is 0 Å². The molecule has 0 spiro atoms. The fraction of sp³-hybridized carbons (Fsp3) is 0.462. The highest BCUT2D eigenvalue weighted by Crippen LogP contribution is 2.17. The van der Waals surface area contributed by atoms with Gasteiger partial charge in [0, 0.05) is 18.7 Å². The summed E-state index contributed by atoms with van der Waals surface area (Å²) in [5.41, 5.74) is 3.88. The summed E-state index contributed by atoms with van der Waals surface area (Å²) >= 11 is 0. The lowest BCUT2D eigenvalue weighted by Gasteiger charge is -2.24. The van der Waals surface area contributed by atoms with Crippen LogP contribution >= 0.6 is 0 Å². The molecule has 0 atom stereocenters. The van der Waals surface area contributed by atoms with E-state index in [0.29, 0.717) is 6.61 Å². The number of hydrogen-bond acceptors (Lipinski definition) is 3. The summed E-state index contributed by atoms with van der Waals surface area (Å²) in [6.45, 7) is 6.19. The van der Waals surface area contributed by atoms with Crippen molar-refractivity contribution in [2.24, 2.45) is 0 Å². The number of nitrogens with one attached hydrogen (secondary N) is 1. The number of hydrogen-bond donors (Lipinski definition) is 2. The van der Waals surface area contributed by atoms with Gasteiger partial charge in [-0.15, -0.1) is 0 Å². The molecule has 0 radical (unpaired) electrons. The van der Waals surface area contributed by atoms with Crippen molar-refractivity contribution in [2.45, 2.75) is 26.4 Å². The van der Waals surface area contributed by atoms with Crippen LogP contribution in [0.5, 0.6) is 0 Å². The molecule has 0 aliphatic heterocycles. The quantitative estimate of drug-likeness (QED) is 0.807. The summed E-state index contributed by atoms with van der Waals surface area (Å²) in [6, 6.07) is 1.81. The monoisotopic (exact) mass is 272 g/mol. The van der Waals surface area contributed by atoms with Crippen LogP contribution in [0, 0.1) is 11.6 Å². The van der Waals surface area contributed by atoms with Gasteiger partial charge in [-0.05, 0) is 32.9 Å². The Morgan fingerprint density at radius 1 is 1.37 bits per heavy atom. The van der Waals surface area contributed by atoms with E-state index in [1.807, 2.05) is 6.92 Å². The van der Waals surface area contributed by atoms with E-state index in [9.17, 15) is 13.6 Å². The fourth-order valence-electron chi connectivity index (χ4n) is 1.55. The summed E-state index contributed by atoms with van der Waals surface area (Å²) in [6.07, 6.45) is 0. The van der Waals surface area contributed by atoms with Crippen molar-refractivity contribution in [1.29, 1.82) is 0 Å². The first kappa shape index (κ1) is 15.4. The van der Waals surface area contributed by atoms with Crippen molar-refractivity contribution in [1.82, 2.24) is 5.32 Å². The van der Waals surface area contributed by atoms with Gasteiger partial charge in [0.2, 0.25) is 0 Å². The Labute approximate surface area is 110 Å². The topological polar surface area (TPSA) is 64.3 Å². The minimum absolute atomic E-state index is 0.114. The molecule has 0 saturated carbocycles. The van der Waals surface area contributed by atoms with Gasteiger partial charge in [-0.3, -0.25) is 4.79 Å². The molecule has 0 unspecified atom stereocenters. The van der Waals surface area contributed by atoms with Gasteiger partial charge in [0.15, 0.2) is 0 Å². The lowest BCUT2D eigenvalue weighted by Crippen LogP contribution is -2.40. The average molecular weight is 272 g/mol. The Morgan fingerprint density at radius 2 is 1.89 bits per heavy atom. The third kappa shape index (κ3) is 4.17. The van der Waals surface area contributed by atoms with Gasteiger partial charge in [-0.2, -0.15) is 0 Å². The largest absolute Gasteiger partial charge is 0.394 e. The molecule has 1 aromatic rings. The zero-order valence-electron chi connectivity index (χ0n) is 11.2. The first-order chi connectivity index (χ1) is 8.76. The molecule has 4 nitrogen and oxygen atoms in total. The van der Waals surface area contributed by atoms with Gasteiger partial charge in [-0.25, -0.2) is 8.78 Å². The second-order valence-electron chi connectivity index (χ2n) is 4.73. The molecular weight excluding hydrogens is 254 g/mol. The lowest BCUT2D eigenvalue weighted by molar-refractivity contribution is -0.00815. The summed E-state index contributed by atoms with van der Waals surface area (Å²) in [7, 11) is 0. The maximum atomic E-state index is 13.2. The summed E-state index contributed by atoms with van der Waals surface area (Å²) in [5, 5.41) is 2.56. The van der Waals surface area contributed by atoms with E-state index in [2.05, 4.69) is 5.32 Å². The third-order valence-corrected chi connectivity index (χ3v) is 2.55. The van der Waals surface area contributed by atoms with Gasteiger partial charge in [-0.1, -0.05) is 0 Å². The third-order valence-electron chi connectivity index (χ3n) is 2.55. The van der Waals surface area contributed by atoms with Crippen molar-refractivity contribution in [2.75, 3.05) is 18.9 Å². The van der Waals surface area contributed by atoms with Crippen LogP contribution in [0.1, 0.15) is 31.1 Å². The molecule has 0 fully saturated rings. The predicted molar refractivity (Wildman–Crippen MR) is 68.8 cm³/mol. The van der Waals surface area contributed by atoms with Crippen LogP contribution in [0.4, 0.5) is 14.5 Å². The molecule has 0 aliphatic rings. The Bertz CT molecular complexity index is 453. The summed E-state index contributed by atoms with van der Waals surface area (Å²) in [4.78, 5) is 11.8. The molecule has 106 valence electrons. The van der Waals surface area contributed by atoms with Crippen LogP contribution < -0.4 is 11.1 Å². The maximum absolute atomic E-state index is 13.2. The summed E-state index contributed by atoms with van der Waals surface area (Å²) < 4.78 is 31.9. The molecule has 1 aromatic carbocycles. The summed E-state index contributed by atoms with van der Waals surface area (Å²) in [5.74, 6) is -2.48. The molecule has 19 heavy (non-hydrogen) atoms. The standard InChI is InChI=1S/C13H18F2N2O2/c1-4-19-13(2,3)7-17-12(18)8-5-9(14)11(16)10(15)6-8/h5-6H,4,7,16H2,1-3H3,(H,17,18). The van der Waals surface area contributed by atoms with Crippen LogP contribution in [-0.2, 0) is 4.74 Å². The molecule has 3 N–H and O–H groups in total. The second-order valence-corrected chi connectivity index (χ2v) is 4.73. The number of carbonyl (C=O) groups is 1. The highest BCUT2D eigenvalue weighted by molar-refractivity contribution is 5.94. The number of benzene rings is 1. The minimum atomic E-state index is -0.950. The molecule has 6 heteroatoms. The zero-order valence-corrected chi connectivity index (χ0v) is 11.2. The Morgan fingerprint density at radius 3 is 2.37 bits per heavy atom. The molecule has 1 amide bonds. The number of amides is 1. The second kappa shape index (κ2) is 5.97. The number of rotatable bonds is 5. The van der Waals surface area contributed by atoms with Gasteiger partial charge in [0.25, 0.3) is 5.91 Å². The predicted octanol–water partition coefficient (Wildman–Crippen LogP) is 2.09. The van der Waals surface area contributed by atoms with Crippen molar-refractivity contribution in [3.05, 3.63) is 29.3 Å². The van der Waals surface area contributed by atoms with Crippen LogP contribution in [0.15, 0.2) is 12.1 Å². The normalized spacial score (nSPS) is 11.4. The average Bonchev–Trinajstić information content (AvgIpc) is 2.32. The number of nitrogens with two attached hydrogens (primary N) is 1. The highest BCUT2D eigenvalue weighted by atomic mass is 19.1. The molecule has 1 rings (SSSR count). The first-order valence-corrected chi connectivity index (χ1v) is 5.93. The Kier molecular flexibility index (Phi) is 4.83. The van der Waals surface area contributed by atoms with E-state index in [0.717, 1.165) is 12.1 Å². The number of nitrogen functional groups attached to an aromatic ring is 1. The van der Waals surface area contributed by atoms with E-state index >= 15 is 0 Å². The van der Waals surface area contributed by atoms with Gasteiger partial charge in [0.05, 0.1) is 5.60 Å². The zero-order chi connectivity index (χ0) is 14.6. The van der Waals surface area contributed by atoms with Crippen molar-refractivity contribution < 1.29 is 18.3 Å². The number of carbonyl (C=O) groups excluding carboxylic acids is 1. The Hall–Kier alpha value is -1.69. The maximum Gasteiger partial charge on any atom is 0.251 e.